The summed E-state index contributed by atoms with van der Waals surface area (Å²) in [4.78, 5) is 12.2. The van der Waals surface area contributed by atoms with Gasteiger partial charge in [-0.1, -0.05) is 0 Å². The summed E-state index contributed by atoms with van der Waals surface area (Å²) in [5, 5.41) is 18.4. The van der Waals surface area contributed by atoms with Crippen LogP contribution in [0.3, 0.4) is 0 Å². The highest BCUT2D eigenvalue weighted by atomic mass is 16.2. The number of hydrogen-bond donors (Lipinski definition) is 3. The van der Waals surface area contributed by atoms with Gasteiger partial charge in [-0.3, -0.25) is 9.78 Å². The fourth-order valence-electron chi connectivity index (χ4n) is 2.72. The molecule has 0 aliphatic rings. The summed E-state index contributed by atoms with van der Waals surface area (Å²) in [5.74, 6) is 0. The fourth-order valence-corrected chi connectivity index (χ4v) is 2.72. The number of nitrogens with zero attached hydrogens (tertiary/aromatic N) is 3. The van der Waals surface area contributed by atoms with Gasteiger partial charge in [0.25, 0.3) is 0 Å². The number of H-pyrrole nitrogens is 1. The van der Waals surface area contributed by atoms with Crippen molar-refractivity contribution in [3.8, 4) is 0 Å². The molecule has 7 heteroatoms. The van der Waals surface area contributed by atoms with Crippen LogP contribution >= 0.6 is 0 Å². The molecule has 2 aromatic heterocycles. The Morgan fingerprint density at radius 2 is 2.08 bits per heavy atom. The zero-order valence-electron chi connectivity index (χ0n) is 15.0. The topological polar surface area (TPSA) is 87.6 Å². The molecule has 2 heterocycles. The molecule has 0 aliphatic heterocycles. The van der Waals surface area contributed by atoms with Crippen molar-refractivity contribution in [1.82, 2.24) is 25.3 Å². The van der Waals surface area contributed by atoms with E-state index in [0.717, 1.165) is 28.0 Å². The first kappa shape index (κ1) is 17.0. The van der Waals surface area contributed by atoms with Gasteiger partial charge in [-0.15, -0.1) is 0 Å². The van der Waals surface area contributed by atoms with Gasteiger partial charge in [0.2, 0.25) is 0 Å². The Bertz CT molecular complexity index is 879. The zero-order chi connectivity index (χ0) is 18.0. The molecule has 3 N–H and O–H groups in total. The van der Waals surface area contributed by atoms with E-state index in [0.29, 0.717) is 12.5 Å². The summed E-state index contributed by atoms with van der Waals surface area (Å²) in [6.07, 6.45) is 2.67. The van der Waals surface area contributed by atoms with Crippen LogP contribution in [-0.2, 0) is 6.42 Å². The standard InChI is InChI=1S/C18H24N6O/c1-11(2)24-10-14-9-15(5-6-17(14)23-24)20-18(25)19-12(3)7-16-8-13(4)21-22-16/h5-6,8-12H,7H2,1-4H3,(H,21,22)(H2,19,20,25). The summed E-state index contributed by atoms with van der Waals surface area (Å²) in [7, 11) is 0. The van der Waals surface area contributed by atoms with Gasteiger partial charge in [-0.2, -0.15) is 10.2 Å². The summed E-state index contributed by atoms with van der Waals surface area (Å²) in [5.41, 5.74) is 3.62. The number of carbonyl (C=O) groups is 1. The molecule has 1 atom stereocenters. The second-order valence-corrected chi connectivity index (χ2v) is 6.72. The zero-order valence-corrected chi connectivity index (χ0v) is 15.0. The third-order valence-electron chi connectivity index (χ3n) is 3.96. The molecule has 0 fully saturated rings. The van der Waals surface area contributed by atoms with Crippen LogP contribution in [0.15, 0.2) is 30.5 Å². The Balaban J connectivity index is 1.61. The van der Waals surface area contributed by atoms with Crippen molar-refractivity contribution in [2.24, 2.45) is 0 Å². The van der Waals surface area contributed by atoms with Gasteiger partial charge in [-0.25, -0.2) is 4.79 Å². The number of benzene rings is 1. The lowest BCUT2D eigenvalue weighted by atomic mass is 10.2. The van der Waals surface area contributed by atoms with Crippen molar-refractivity contribution in [1.29, 1.82) is 0 Å². The molecule has 0 spiro atoms. The molecule has 25 heavy (non-hydrogen) atoms. The van der Waals surface area contributed by atoms with Crippen LogP contribution in [0.25, 0.3) is 10.9 Å². The Kier molecular flexibility index (Phi) is 4.74. The van der Waals surface area contributed by atoms with Crippen LogP contribution in [0.5, 0.6) is 0 Å². The number of hydrogen-bond acceptors (Lipinski definition) is 3. The molecule has 2 amide bonds. The largest absolute Gasteiger partial charge is 0.335 e. The number of aromatic nitrogens is 4. The molecule has 0 saturated heterocycles. The Morgan fingerprint density at radius 1 is 1.28 bits per heavy atom. The number of carbonyl (C=O) groups excluding carboxylic acids is 1. The first-order chi connectivity index (χ1) is 11.9. The fraction of sp³-hybridized carbons (Fsp3) is 0.389. The van der Waals surface area contributed by atoms with Crippen molar-refractivity contribution in [3.63, 3.8) is 0 Å². The van der Waals surface area contributed by atoms with E-state index in [1.807, 2.05) is 49.0 Å². The minimum Gasteiger partial charge on any atom is -0.335 e. The van der Waals surface area contributed by atoms with Gasteiger partial charge in [0.05, 0.1) is 11.2 Å². The van der Waals surface area contributed by atoms with E-state index < -0.39 is 0 Å². The van der Waals surface area contributed by atoms with Crippen LogP contribution in [-0.4, -0.2) is 32.1 Å². The average molecular weight is 340 g/mol. The van der Waals surface area contributed by atoms with E-state index in [4.69, 9.17) is 0 Å². The summed E-state index contributed by atoms with van der Waals surface area (Å²) >= 11 is 0. The van der Waals surface area contributed by atoms with Crippen molar-refractivity contribution in [3.05, 3.63) is 41.9 Å². The minimum atomic E-state index is -0.227. The monoisotopic (exact) mass is 340 g/mol. The molecule has 3 aromatic rings. The van der Waals surface area contributed by atoms with Crippen molar-refractivity contribution >= 4 is 22.6 Å². The molecular formula is C18H24N6O. The maximum Gasteiger partial charge on any atom is 0.319 e. The lowest BCUT2D eigenvalue weighted by Gasteiger charge is -2.13. The second-order valence-electron chi connectivity index (χ2n) is 6.72. The van der Waals surface area contributed by atoms with Crippen molar-refractivity contribution in [2.45, 2.75) is 46.2 Å². The van der Waals surface area contributed by atoms with Gasteiger partial charge in [0, 0.05) is 41.5 Å². The number of aromatic amines is 1. The van der Waals surface area contributed by atoms with E-state index in [-0.39, 0.29) is 12.1 Å². The molecule has 7 nitrogen and oxygen atoms in total. The van der Waals surface area contributed by atoms with Crippen molar-refractivity contribution in [2.75, 3.05) is 5.32 Å². The number of aryl methyl sites for hydroxylation is 1. The molecule has 0 aliphatic carbocycles. The average Bonchev–Trinajstić information content (AvgIpc) is 3.12. The maximum absolute atomic E-state index is 12.2. The molecule has 3 rings (SSSR count). The number of amides is 2. The van der Waals surface area contributed by atoms with Crippen molar-refractivity contribution < 1.29 is 4.79 Å². The first-order valence-electron chi connectivity index (χ1n) is 8.48. The number of rotatable bonds is 5. The number of urea groups is 1. The van der Waals surface area contributed by atoms with E-state index in [9.17, 15) is 4.79 Å². The summed E-state index contributed by atoms with van der Waals surface area (Å²) in [6, 6.07) is 7.75. The molecule has 132 valence electrons. The van der Waals surface area contributed by atoms with Crippen LogP contribution in [0.4, 0.5) is 10.5 Å². The number of fused-ring (bicyclic) bond motifs is 1. The van der Waals surface area contributed by atoms with Crippen LogP contribution < -0.4 is 10.6 Å². The SMILES string of the molecule is Cc1cc(CC(C)NC(=O)Nc2ccc3nn(C(C)C)cc3c2)n[nH]1. The van der Waals surface area contributed by atoms with E-state index in [1.165, 1.54) is 0 Å². The van der Waals surface area contributed by atoms with E-state index in [2.05, 4.69) is 39.8 Å². The quantitative estimate of drug-likeness (QED) is 0.665. The molecular weight excluding hydrogens is 316 g/mol. The summed E-state index contributed by atoms with van der Waals surface area (Å²) < 4.78 is 1.92. The highest BCUT2D eigenvalue weighted by Gasteiger charge is 2.11. The Hall–Kier alpha value is -2.83. The minimum absolute atomic E-state index is 0.0184. The predicted octanol–water partition coefficient (Wildman–Crippen LogP) is 3.40. The highest BCUT2D eigenvalue weighted by molar-refractivity contribution is 5.92. The third-order valence-corrected chi connectivity index (χ3v) is 3.96. The predicted molar refractivity (Wildman–Crippen MR) is 98.8 cm³/mol. The smallest absolute Gasteiger partial charge is 0.319 e. The highest BCUT2D eigenvalue weighted by Crippen LogP contribution is 2.19. The Labute approximate surface area is 146 Å². The van der Waals surface area contributed by atoms with Gasteiger partial charge in [0.15, 0.2) is 0 Å². The second kappa shape index (κ2) is 6.96. The Morgan fingerprint density at radius 3 is 2.76 bits per heavy atom. The molecule has 1 unspecified atom stereocenters. The van der Waals surface area contributed by atoms with Gasteiger partial charge >= 0.3 is 6.03 Å². The molecule has 1 aromatic carbocycles. The van der Waals surface area contributed by atoms with E-state index >= 15 is 0 Å². The lowest BCUT2D eigenvalue weighted by Crippen LogP contribution is -2.37. The molecule has 0 bridgehead atoms. The first-order valence-corrected chi connectivity index (χ1v) is 8.48. The third kappa shape index (κ3) is 4.17. The van der Waals surface area contributed by atoms with E-state index in [1.54, 1.807) is 0 Å². The normalized spacial score (nSPS) is 12.5. The lowest BCUT2D eigenvalue weighted by molar-refractivity contribution is 0.249. The van der Waals surface area contributed by atoms with Gasteiger partial charge < -0.3 is 10.6 Å². The van der Waals surface area contributed by atoms with Crippen LogP contribution in [0.1, 0.15) is 38.2 Å². The van der Waals surface area contributed by atoms with Crippen LogP contribution in [0, 0.1) is 6.92 Å². The summed E-state index contributed by atoms with van der Waals surface area (Å²) in [6.45, 7) is 8.08. The van der Waals surface area contributed by atoms with Gasteiger partial charge in [0.1, 0.15) is 0 Å². The number of nitrogens with one attached hydrogen (secondary N) is 3. The van der Waals surface area contributed by atoms with Crippen LogP contribution in [0.2, 0.25) is 0 Å². The molecule has 0 radical (unpaired) electrons. The maximum atomic E-state index is 12.2. The van der Waals surface area contributed by atoms with Gasteiger partial charge in [-0.05, 0) is 52.0 Å². The number of anilines is 1. The molecule has 0 saturated carbocycles.